The number of aliphatic hydroxyl groups excluding tert-OH is 1. The normalized spacial score (nSPS) is 8.60. The van der Waals surface area contributed by atoms with Gasteiger partial charge in [0.1, 0.15) is 5.76 Å². The summed E-state index contributed by atoms with van der Waals surface area (Å²) in [6.45, 7) is 6.93. The number of benzene rings is 2. The number of nitrogens with two attached hydrogens (primary N) is 1. The van der Waals surface area contributed by atoms with Crippen LogP contribution in [0.1, 0.15) is 18.6 Å². The van der Waals surface area contributed by atoms with Gasteiger partial charge in [-0.1, -0.05) is 56.5 Å². The van der Waals surface area contributed by atoms with Crippen molar-refractivity contribution in [1.82, 2.24) is 0 Å². The minimum Gasteiger partial charge on any atom is -0.225 e. The van der Waals surface area contributed by atoms with E-state index in [-0.39, 0.29) is 24.6 Å². The maximum Gasteiger partial charge on any atom is 0.211 e. The van der Waals surface area contributed by atoms with E-state index in [1.807, 2.05) is 6.07 Å². The summed E-state index contributed by atoms with van der Waals surface area (Å²) < 4.78 is 22.8. The van der Waals surface area contributed by atoms with E-state index in [1.165, 1.54) is 0 Å². The van der Waals surface area contributed by atoms with Crippen LogP contribution in [0.5, 0.6) is 0 Å². The van der Waals surface area contributed by atoms with Gasteiger partial charge in [0.05, 0.1) is 5.69 Å². The molecule has 0 aliphatic rings. The monoisotopic (exact) mass is 849 g/mol. The van der Waals surface area contributed by atoms with Crippen LogP contribution in [0.2, 0.25) is 0 Å². The summed E-state index contributed by atoms with van der Waals surface area (Å²) in [5.41, 5.74) is 8.13. The number of hydrogen-bond acceptors (Lipinski definition) is 5. The molecule has 0 fully saturated rings. The molecule has 0 aromatic heterocycles. The molecule has 2 aromatic carbocycles. The molecular weight excluding hydrogens is 831 g/mol. The van der Waals surface area contributed by atoms with E-state index in [4.69, 9.17) is 26.7 Å². The van der Waals surface area contributed by atoms with Crippen LogP contribution in [0, 0.1) is 0 Å². The van der Waals surface area contributed by atoms with E-state index in [1.54, 1.807) is 42.5 Å². The molecule has 0 atom stereocenters. The van der Waals surface area contributed by atoms with Crippen molar-refractivity contribution in [3.8, 4) is 0 Å². The summed E-state index contributed by atoms with van der Waals surface area (Å²) in [5, 5.41) is 9.35. The molecule has 13 heteroatoms. The number of halogens is 6. The van der Waals surface area contributed by atoms with Gasteiger partial charge in [-0.15, -0.1) is 0 Å². The van der Waals surface area contributed by atoms with Crippen LogP contribution in [-0.2, 0) is 20.7 Å². The van der Waals surface area contributed by atoms with Gasteiger partial charge < -0.3 is 10.8 Å². The van der Waals surface area contributed by atoms with Gasteiger partial charge >= 0.3 is 50.5 Å². The second-order valence-electron chi connectivity index (χ2n) is 4.43. The van der Waals surface area contributed by atoms with Crippen molar-refractivity contribution in [2.75, 3.05) is 5.73 Å². The number of anilines is 1. The largest absolute Gasteiger partial charge is 0.225 e. The third-order valence-electron chi connectivity index (χ3n) is 2.52. The minimum atomic E-state index is -1.67. The Morgan fingerprint density at radius 2 is 1.60 bits per heavy atom. The summed E-state index contributed by atoms with van der Waals surface area (Å²) in [7, 11) is 7.36. The number of aliphatic hydroxyl groups is 1. The molecule has 30 heavy (non-hydrogen) atoms. The van der Waals surface area contributed by atoms with Crippen LogP contribution in [0.25, 0.3) is 10.8 Å². The summed E-state index contributed by atoms with van der Waals surface area (Å²) in [6.07, 6.45) is 0. The van der Waals surface area contributed by atoms with Gasteiger partial charge in [0.25, 0.3) is 0 Å². The molecule has 0 saturated heterocycles. The smallest absolute Gasteiger partial charge is 0.211 e. The Morgan fingerprint density at radius 1 is 1.13 bits per heavy atom. The number of nitrogens with zero attached hydrogens (tertiary/aromatic N) is 1. The molecule has 0 aliphatic heterocycles. The molecular formula is C17H19Cl3I3N2O3S2-. The molecule has 2 rings (SSSR count). The zero-order valence-electron chi connectivity index (χ0n) is 14.4. The van der Waals surface area contributed by atoms with Crippen LogP contribution >= 0.6 is 70.2 Å². The van der Waals surface area contributed by atoms with Crippen LogP contribution in [-0.4, -0.2) is 13.5 Å². The van der Waals surface area contributed by atoms with Gasteiger partial charge in [0, 0.05) is 37.6 Å². The van der Waals surface area contributed by atoms with E-state index in [0.717, 1.165) is 5.56 Å². The summed E-state index contributed by atoms with van der Waals surface area (Å²) in [6, 6.07) is 14.0. The van der Waals surface area contributed by atoms with Crippen molar-refractivity contribution in [3.05, 3.63) is 72.8 Å². The van der Waals surface area contributed by atoms with Gasteiger partial charge in [0.2, 0.25) is 20.7 Å². The molecule has 170 valence electrons. The Morgan fingerprint density at radius 3 is 1.97 bits per heavy atom. The maximum absolute atomic E-state index is 10.1. The van der Waals surface area contributed by atoms with Crippen molar-refractivity contribution in [1.29, 1.82) is 0 Å². The third-order valence-corrected chi connectivity index (χ3v) is 3.03. The topological polar surface area (TPSA) is 92.8 Å². The molecule has 0 bridgehead atoms. The summed E-state index contributed by atoms with van der Waals surface area (Å²) in [4.78, 5) is 0. The van der Waals surface area contributed by atoms with E-state index in [9.17, 15) is 4.21 Å². The molecule has 3 N–H and O–H groups in total. The van der Waals surface area contributed by atoms with Crippen molar-refractivity contribution in [2.24, 2.45) is 4.36 Å². The van der Waals surface area contributed by atoms with Crippen LogP contribution < -0.4 is 19.0 Å². The minimum absolute atomic E-state index is 0. The van der Waals surface area contributed by atoms with E-state index < -0.39 is 9.23 Å². The first-order chi connectivity index (χ1) is 13.6. The summed E-state index contributed by atoms with van der Waals surface area (Å²) >= 11 is 11.1. The standard InChI is InChI=1S/C8H6ClNOS.C8H9NO.CH4.Cl2OS.I3/c1-6(9)7-3-2-4-8(5-7)10-12-11;1-6(10)7-3-2-4-8(9)5-7;;1-4(2)3;1-3-2/h2-5H,1H2;2-5,10H,1,9H2;1H4;;/q;;;;-1. The van der Waals surface area contributed by atoms with Gasteiger partial charge in [-0.3, -0.25) is 0 Å². The number of rotatable bonds is 3. The van der Waals surface area contributed by atoms with Gasteiger partial charge in [0.15, 0.2) is 0 Å². The Balaban J connectivity index is -0.000000366. The second kappa shape index (κ2) is 22.7. The van der Waals surface area contributed by atoms with E-state index in [2.05, 4.69) is 76.1 Å². The Hall–Kier alpha value is 0.550. The average molecular weight is 851 g/mol. The molecule has 0 spiro atoms. The average Bonchev–Trinajstić information content (AvgIpc) is 2.63. The van der Waals surface area contributed by atoms with Gasteiger partial charge in [-0.25, -0.2) is 4.21 Å². The third kappa shape index (κ3) is 21.8. The quantitative estimate of drug-likeness (QED) is 0.193. The second-order valence-corrected chi connectivity index (χ2v) is 24.0. The number of hydrogen-bond donors (Lipinski definition) is 2. The van der Waals surface area contributed by atoms with Gasteiger partial charge in [-0.2, -0.15) is 8.57 Å². The fourth-order valence-corrected chi connectivity index (χ4v) is 1.81. The van der Waals surface area contributed by atoms with E-state index >= 15 is 0 Å². The first-order valence-electron chi connectivity index (χ1n) is 6.88. The van der Waals surface area contributed by atoms with Crippen molar-refractivity contribution in [2.45, 2.75) is 7.43 Å². The molecule has 0 aliphatic carbocycles. The van der Waals surface area contributed by atoms with Crippen molar-refractivity contribution < 1.29 is 26.8 Å². The zero-order chi connectivity index (χ0) is 22.8. The van der Waals surface area contributed by atoms with Crippen molar-refractivity contribution >= 4 is 113 Å². The van der Waals surface area contributed by atoms with Crippen LogP contribution in [0.4, 0.5) is 11.4 Å². The zero-order valence-corrected chi connectivity index (χ0v) is 24.8. The predicted molar refractivity (Wildman–Crippen MR) is 149 cm³/mol. The van der Waals surface area contributed by atoms with Gasteiger partial charge in [-0.05, 0) is 29.8 Å². The van der Waals surface area contributed by atoms with E-state index in [0.29, 0.717) is 35.2 Å². The van der Waals surface area contributed by atoms with Crippen LogP contribution in [0.15, 0.2) is 66.1 Å². The first kappa shape index (κ1) is 35.1. The fourth-order valence-electron chi connectivity index (χ4n) is 1.49. The molecule has 0 saturated carbocycles. The number of nitrogen functional groups attached to an aromatic ring is 1. The molecule has 0 radical (unpaired) electrons. The molecule has 5 nitrogen and oxygen atoms in total. The maximum atomic E-state index is 10.1. The molecule has 0 amide bonds. The SMILES string of the molecule is C.C=C(Cl)c1cccc(N=S=O)c1.C=C(O)c1cccc(N)c1.I[I-]I.O=S(Cl)Cl. The first-order valence-corrected chi connectivity index (χ1v) is 23.3. The molecule has 2 aromatic rings. The molecule has 0 unspecified atom stereocenters. The predicted octanol–water partition coefficient (Wildman–Crippen LogP) is 5.18. The Bertz CT molecular complexity index is 850. The van der Waals surface area contributed by atoms with Crippen molar-refractivity contribution in [3.63, 3.8) is 0 Å². The Labute approximate surface area is 227 Å². The Kier molecular flexibility index (Phi) is 26.6. The van der Waals surface area contributed by atoms with Crippen LogP contribution in [0.3, 0.4) is 0 Å². The fraction of sp³-hybridized carbons (Fsp3) is 0.0588. The summed E-state index contributed by atoms with van der Waals surface area (Å²) in [5.74, 6) is 0.0484. The molecule has 0 heterocycles.